The van der Waals surface area contributed by atoms with Crippen molar-refractivity contribution in [3.8, 4) is 0 Å². The fraction of sp³-hybridized carbons (Fsp3) is 0.267. The van der Waals surface area contributed by atoms with Gasteiger partial charge in [0.05, 0.1) is 17.1 Å². The molecule has 0 spiro atoms. The second-order valence-corrected chi connectivity index (χ2v) is 6.59. The van der Waals surface area contributed by atoms with Crippen molar-refractivity contribution in [3.05, 3.63) is 45.6 Å². The molecule has 0 saturated carbocycles. The largest absolute Gasteiger partial charge is 0.369 e. The van der Waals surface area contributed by atoms with E-state index in [1.54, 1.807) is 11.3 Å². The highest BCUT2D eigenvalue weighted by Crippen LogP contribution is 2.35. The normalized spacial score (nSPS) is 13.2. The maximum atomic E-state index is 6.16. The molecule has 2 N–H and O–H groups in total. The molecular formula is C15H16ClN3S. The SMILES string of the molecule is CC(C)C(c1cccs1)n1c(N)nc2cc(Cl)ccc21. The Morgan fingerprint density at radius 2 is 2.10 bits per heavy atom. The lowest BCUT2D eigenvalue weighted by atomic mass is 10.0. The van der Waals surface area contributed by atoms with E-state index in [1.807, 2.05) is 18.2 Å². The van der Waals surface area contributed by atoms with Gasteiger partial charge >= 0.3 is 0 Å². The lowest BCUT2D eigenvalue weighted by Crippen LogP contribution is -2.17. The second-order valence-electron chi connectivity index (χ2n) is 5.18. The van der Waals surface area contributed by atoms with E-state index in [1.165, 1.54) is 4.88 Å². The highest BCUT2D eigenvalue weighted by Gasteiger charge is 2.23. The summed E-state index contributed by atoms with van der Waals surface area (Å²) in [4.78, 5) is 5.74. The molecule has 1 aromatic carbocycles. The van der Waals surface area contributed by atoms with Gasteiger partial charge in [-0.15, -0.1) is 11.3 Å². The van der Waals surface area contributed by atoms with Crippen molar-refractivity contribution >= 4 is 39.9 Å². The van der Waals surface area contributed by atoms with Crippen LogP contribution in [0.2, 0.25) is 5.02 Å². The molecule has 0 aliphatic rings. The predicted molar refractivity (Wildman–Crippen MR) is 86.5 cm³/mol. The molecule has 0 saturated heterocycles. The molecule has 1 atom stereocenters. The van der Waals surface area contributed by atoms with Crippen LogP contribution >= 0.6 is 22.9 Å². The third kappa shape index (κ3) is 2.19. The Hall–Kier alpha value is -1.52. The van der Waals surface area contributed by atoms with Gasteiger partial charge < -0.3 is 10.3 Å². The summed E-state index contributed by atoms with van der Waals surface area (Å²) in [6, 6.07) is 10.1. The van der Waals surface area contributed by atoms with Crippen molar-refractivity contribution in [2.45, 2.75) is 19.9 Å². The highest BCUT2D eigenvalue weighted by atomic mass is 35.5. The Balaban J connectivity index is 2.23. The number of nitrogens with two attached hydrogens (primary N) is 1. The Kier molecular flexibility index (Phi) is 3.44. The van der Waals surface area contributed by atoms with Gasteiger partial charge in [0, 0.05) is 9.90 Å². The Morgan fingerprint density at radius 3 is 2.75 bits per heavy atom. The first-order chi connectivity index (χ1) is 9.58. The number of aromatic nitrogens is 2. The first-order valence-corrected chi connectivity index (χ1v) is 7.80. The molecule has 2 aromatic heterocycles. The standard InChI is InChI=1S/C15H16ClN3S/c1-9(2)14(13-4-3-7-20-13)19-12-6-5-10(16)8-11(12)18-15(19)17/h3-9,14H,1-2H3,(H2,17,18). The minimum Gasteiger partial charge on any atom is -0.369 e. The molecule has 0 bridgehead atoms. The molecule has 5 heteroatoms. The van der Waals surface area contributed by atoms with Crippen LogP contribution in [-0.2, 0) is 0 Å². The summed E-state index contributed by atoms with van der Waals surface area (Å²) in [5.41, 5.74) is 8.03. The molecule has 3 nitrogen and oxygen atoms in total. The summed E-state index contributed by atoms with van der Waals surface area (Å²) in [6.07, 6.45) is 0. The van der Waals surface area contributed by atoms with Crippen molar-refractivity contribution in [3.63, 3.8) is 0 Å². The van der Waals surface area contributed by atoms with Crippen molar-refractivity contribution in [1.29, 1.82) is 0 Å². The van der Waals surface area contributed by atoms with E-state index in [9.17, 15) is 0 Å². The molecule has 2 heterocycles. The minimum atomic E-state index is 0.196. The van der Waals surface area contributed by atoms with Crippen LogP contribution in [0.15, 0.2) is 35.7 Å². The summed E-state index contributed by atoms with van der Waals surface area (Å²) in [6.45, 7) is 4.40. The first-order valence-electron chi connectivity index (χ1n) is 6.54. The van der Waals surface area contributed by atoms with Crippen molar-refractivity contribution in [1.82, 2.24) is 9.55 Å². The number of imidazole rings is 1. The van der Waals surface area contributed by atoms with Crippen molar-refractivity contribution in [2.75, 3.05) is 5.73 Å². The number of fused-ring (bicyclic) bond motifs is 1. The lowest BCUT2D eigenvalue weighted by molar-refractivity contribution is 0.457. The second kappa shape index (κ2) is 5.11. The fourth-order valence-corrected chi connectivity index (χ4v) is 3.75. The Labute approximate surface area is 127 Å². The number of hydrogen-bond donors (Lipinski definition) is 1. The summed E-state index contributed by atoms with van der Waals surface area (Å²) < 4.78 is 2.11. The first kappa shape index (κ1) is 13.5. The molecule has 3 rings (SSSR count). The molecule has 0 aliphatic heterocycles. The molecule has 0 radical (unpaired) electrons. The maximum absolute atomic E-state index is 6.16. The summed E-state index contributed by atoms with van der Waals surface area (Å²) in [7, 11) is 0. The van der Waals surface area contributed by atoms with E-state index in [0.29, 0.717) is 16.9 Å². The molecule has 3 aromatic rings. The van der Waals surface area contributed by atoms with E-state index < -0.39 is 0 Å². The van der Waals surface area contributed by atoms with E-state index >= 15 is 0 Å². The monoisotopic (exact) mass is 305 g/mol. The number of hydrogen-bond acceptors (Lipinski definition) is 3. The molecule has 0 amide bonds. The van der Waals surface area contributed by atoms with Crippen LogP contribution in [0.25, 0.3) is 11.0 Å². The summed E-state index contributed by atoms with van der Waals surface area (Å²) in [5.74, 6) is 0.957. The lowest BCUT2D eigenvalue weighted by Gasteiger charge is -2.23. The predicted octanol–water partition coefficient (Wildman–Crippen LogP) is 4.58. The number of nitrogens with zero attached hydrogens (tertiary/aromatic N) is 2. The third-order valence-electron chi connectivity index (χ3n) is 3.42. The highest BCUT2D eigenvalue weighted by molar-refractivity contribution is 7.10. The summed E-state index contributed by atoms with van der Waals surface area (Å²) in [5, 5.41) is 2.77. The Bertz CT molecular complexity index is 731. The van der Waals surface area contributed by atoms with E-state index in [4.69, 9.17) is 17.3 Å². The number of halogens is 1. The van der Waals surface area contributed by atoms with E-state index in [-0.39, 0.29) is 6.04 Å². The van der Waals surface area contributed by atoms with Gasteiger partial charge in [-0.2, -0.15) is 0 Å². The number of benzene rings is 1. The van der Waals surface area contributed by atoms with Crippen LogP contribution in [0.4, 0.5) is 5.95 Å². The molecule has 104 valence electrons. The third-order valence-corrected chi connectivity index (χ3v) is 4.60. The van der Waals surface area contributed by atoms with Crippen LogP contribution in [0, 0.1) is 5.92 Å². The zero-order chi connectivity index (χ0) is 14.3. The molecule has 1 unspecified atom stereocenters. The maximum Gasteiger partial charge on any atom is 0.201 e. The topological polar surface area (TPSA) is 43.8 Å². The Morgan fingerprint density at radius 1 is 1.30 bits per heavy atom. The van der Waals surface area contributed by atoms with Gasteiger partial charge in [0.15, 0.2) is 0 Å². The van der Waals surface area contributed by atoms with Crippen LogP contribution in [0.1, 0.15) is 24.8 Å². The zero-order valence-electron chi connectivity index (χ0n) is 11.4. The van der Waals surface area contributed by atoms with Gasteiger partial charge in [0.2, 0.25) is 5.95 Å². The van der Waals surface area contributed by atoms with Gasteiger partial charge in [0.1, 0.15) is 0 Å². The molecule has 20 heavy (non-hydrogen) atoms. The van der Waals surface area contributed by atoms with Crippen molar-refractivity contribution in [2.24, 2.45) is 5.92 Å². The fourth-order valence-electron chi connectivity index (χ4n) is 2.60. The molecular weight excluding hydrogens is 290 g/mol. The van der Waals surface area contributed by atoms with E-state index in [2.05, 4.69) is 40.9 Å². The average Bonchev–Trinajstić information content (AvgIpc) is 2.98. The molecule has 0 fully saturated rings. The van der Waals surface area contributed by atoms with Crippen LogP contribution in [-0.4, -0.2) is 9.55 Å². The van der Waals surface area contributed by atoms with Crippen LogP contribution in [0.5, 0.6) is 0 Å². The number of anilines is 1. The van der Waals surface area contributed by atoms with Gasteiger partial charge in [-0.05, 0) is 35.6 Å². The smallest absolute Gasteiger partial charge is 0.201 e. The summed E-state index contributed by atoms with van der Waals surface area (Å²) >= 11 is 7.78. The number of nitrogen functional groups attached to an aromatic ring is 1. The minimum absolute atomic E-state index is 0.196. The van der Waals surface area contributed by atoms with E-state index in [0.717, 1.165) is 11.0 Å². The van der Waals surface area contributed by atoms with Gasteiger partial charge in [-0.25, -0.2) is 4.98 Å². The zero-order valence-corrected chi connectivity index (χ0v) is 12.9. The van der Waals surface area contributed by atoms with Gasteiger partial charge in [-0.3, -0.25) is 0 Å². The molecule has 0 aliphatic carbocycles. The average molecular weight is 306 g/mol. The number of rotatable bonds is 3. The number of thiophene rings is 1. The van der Waals surface area contributed by atoms with Crippen LogP contribution in [0.3, 0.4) is 0 Å². The van der Waals surface area contributed by atoms with Gasteiger partial charge in [-0.1, -0.05) is 31.5 Å². The quantitative estimate of drug-likeness (QED) is 0.769. The van der Waals surface area contributed by atoms with Crippen LogP contribution < -0.4 is 5.73 Å². The van der Waals surface area contributed by atoms with Gasteiger partial charge in [0.25, 0.3) is 0 Å². The van der Waals surface area contributed by atoms with Crippen molar-refractivity contribution < 1.29 is 0 Å².